The van der Waals surface area contributed by atoms with Crippen LogP contribution in [0.25, 0.3) is 0 Å². The Labute approximate surface area is 128 Å². The van der Waals surface area contributed by atoms with Crippen LogP contribution < -0.4 is 11.1 Å². The number of carbonyl (C=O) groups is 1. The van der Waals surface area contributed by atoms with Crippen LogP contribution in [0.15, 0.2) is 12.3 Å². The van der Waals surface area contributed by atoms with Crippen LogP contribution in [0.4, 0.5) is 10.6 Å². The van der Waals surface area contributed by atoms with Gasteiger partial charge < -0.3 is 20.7 Å². The molecule has 114 valence electrons. The van der Waals surface area contributed by atoms with Crippen molar-refractivity contribution in [1.82, 2.24) is 15.1 Å². The molecule has 0 saturated carbocycles. The Bertz CT molecular complexity index is 517. The Morgan fingerprint density at radius 3 is 2.90 bits per heavy atom. The number of hydrogen-bond acceptors (Lipinski definition) is 6. The molecule has 7 nitrogen and oxygen atoms in total. The number of likely N-dealkylation sites (tertiary alicyclic amines) is 1. The van der Waals surface area contributed by atoms with E-state index in [-0.39, 0.29) is 17.1 Å². The standard InChI is InChI=1S/C13H19N5O2S/c1-2-20-13(19)18-7-4-9(5-8-18)16-12-10(11(14)21)3-6-15-17-12/h3,6,9H,2,4-5,7-8H2,1H3,(H2,14,21)(H,16,17). The van der Waals surface area contributed by atoms with Gasteiger partial charge in [-0.3, -0.25) is 0 Å². The Morgan fingerprint density at radius 1 is 1.57 bits per heavy atom. The molecule has 2 heterocycles. The summed E-state index contributed by atoms with van der Waals surface area (Å²) in [5.74, 6) is 0.597. The van der Waals surface area contributed by atoms with Gasteiger partial charge in [0.25, 0.3) is 0 Å². The van der Waals surface area contributed by atoms with E-state index in [0.717, 1.165) is 12.8 Å². The van der Waals surface area contributed by atoms with Gasteiger partial charge in [-0.25, -0.2) is 4.79 Å². The van der Waals surface area contributed by atoms with Gasteiger partial charge in [-0.1, -0.05) is 12.2 Å². The first kappa shape index (κ1) is 15.4. The molecule has 8 heteroatoms. The van der Waals surface area contributed by atoms with Crippen LogP contribution >= 0.6 is 12.2 Å². The number of piperidine rings is 1. The van der Waals surface area contributed by atoms with E-state index < -0.39 is 0 Å². The van der Waals surface area contributed by atoms with Crippen molar-refractivity contribution in [3.05, 3.63) is 17.8 Å². The fourth-order valence-corrected chi connectivity index (χ4v) is 2.42. The summed E-state index contributed by atoms with van der Waals surface area (Å²) in [6, 6.07) is 1.95. The zero-order valence-electron chi connectivity index (χ0n) is 11.9. The topological polar surface area (TPSA) is 93.4 Å². The lowest BCUT2D eigenvalue weighted by atomic mass is 10.1. The van der Waals surface area contributed by atoms with Crippen molar-refractivity contribution in [2.75, 3.05) is 25.0 Å². The van der Waals surface area contributed by atoms with E-state index in [1.165, 1.54) is 0 Å². The van der Waals surface area contributed by atoms with Crippen LogP contribution in [0.5, 0.6) is 0 Å². The molecule has 1 saturated heterocycles. The van der Waals surface area contributed by atoms with Gasteiger partial charge in [-0.05, 0) is 25.8 Å². The molecule has 1 aromatic rings. The average Bonchev–Trinajstić information content (AvgIpc) is 2.48. The van der Waals surface area contributed by atoms with Gasteiger partial charge in [0.2, 0.25) is 0 Å². The Kier molecular flexibility index (Phi) is 5.26. The maximum absolute atomic E-state index is 11.6. The van der Waals surface area contributed by atoms with Gasteiger partial charge in [0, 0.05) is 19.1 Å². The second-order valence-corrected chi connectivity index (χ2v) is 5.20. The van der Waals surface area contributed by atoms with Crippen LogP contribution in [0.2, 0.25) is 0 Å². The number of nitrogens with one attached hydrogen (secondary N) is 1. The molecule has 1 aliphatic heterocycles. The first-order chi connectivity index (χ1) is 10.1. The average molecular weight is 309 g/mol. The van der Waals surface area contributed by atoms with Gasteiger partial charge in [0.1, 0.15) is 4.99 Å². The SMILES string of the molecule is CCOC(=O)N1CCC(Nc2nnccc2C(N)=S)CC1. The van der Waals surface area contributed by atoms with E-state index in [2.05, 4.69) is 15.5 Å². The number of carbonyl (C=O) groups excluding carboxylic acids is 1. The molecular weight excluding hydrogens is 290 g/mol. The number of ether oxygens (including phenoxy) is 1. The summed E-state index contributed by atoms with van der Waals surface area (Å²) >= 11 is 5.00. The molecule has 1 amide bonds. The summed E-state index contributed by atoms with van der Waals surface area (Å²) in [6.45, 7) is 3.50. The summed E-state index contributed by atoms with van der Waals surface area (Å²) in [4.78, 5) is 13.6. The molecule has 0 unspecified atom stereocenters. The number of anilines is 1. The second kappa shape index (κ2) is 7.16. The zero-order valence-corrected chi connectivity index (χ0v) is 12.7. The fourth-order valence-electron chi connectivity index (χ4n) is 2.25. The summed E-state index contributed by atoms with van der Waals surface area (Å²) < 4.78 is 5.00. The third-order valence-corrected chi connectivity index (χ3v) is 3.57. The molecule has 0 spiro atoms. The van der Waals surface area contributed by atoms with Crippen molar-refractivity contribution in [2.45, 2.75) is 25.8 Å². The third kappa shape index (κ3) is 4.01. The van der Waals surface area contributed by atoms with E-state index in [1.54, 1.807) is 24.1 Å². The first-order valence-electron chi connectivity index (χ1n) is 6.91. The number of amides is 1. The van der Waals surface area contributed by atoms with E-state index >= 15 is 0 Å². The second-order valence-electron chi connectivity index (χ2n) is 4.76. The van der Waals surface area contributed by atoms with Gasteiger partial charge in [0.05, 0.1) is 18.4 Å². The van der Waals surface area contributed by atoms with Gasteiger partial charge >= 0.3 is 6.09 Å². The minimum atomic E-state index is -0.251. The van der Waals surface area contributed by atoms with Gasteiger partial charge in [0.15, 0.2) is 5.82 Å². The molecular formula is C13H19N5O2S. The van der Waals surface area contributed by atoms with E-state index in [1.807, 2.05) is 0 Å². The normalized spacial score (nSPS) is 15.6. The summed E-state index contributed by atoms with van der Waals surface area (Å²) in [5, 5.41) is 11.2. The molecule has 1 aliphatic rings. The molecule has 2 rings (SSSR count). The number of hydrogen-bond donors (Lipinski definition) is 2. The Morgan fingerprint density at radius 2 is 2.29 bits per heavy atom. The predicted molar refractivity (Wildman–Crippen MR) is 83.2 cm³/mol. The number of nitrogens with two attached hydrogens (primary N) is 1. The predicted octanol–water partition coefficient (Wildman–Crippen LogP) is 1.14. The lowest BCUT2D eigenvalue weighted by molar-refractivity contribution is 0.0983. The summed E-state index contributed by atoms with van der Waals surface area (Å²) in [7, 11) is 0. The number of thiocarbonyl (C=S) groups is 1. The first-order valence-corrected chi connectivity index (χ1v) is 7.32. The highest BCUT2D eigenvalue weighted by atomic mass is 32.1. The van der Waals surface area contributed by atoms with Crippen molar-refractivity contribution in [2.24, 2.45) is 5.73 Å². The lowest BCUT2D eigenvalue weighted by Gasteiger charge is -2.32. The highest BCUT2D eigenvalue weighted by Crippen LogP contribution is 2.18. The summed E-state index contributed by atoms with van der Waals surface area (Å²) in [6.07, 6.45) is 2.93. The molecule has 0 radical (unpaired) electrons. The number of rotatable bonds is 4. The van der Waals surface area contributed by atoms with Gasteiger partial charge in [-0.2, -0.15) is 5.10 Å². The number of nitrogens with zero attached hydrogens (tertiary/aromatic N) is 3. The highest BCUT2D eigenvalue weighted by molar-refractivity contribution is 7.80. The minimum Gasteiger partial charge on any atom is -0.450 e. The quantitative estimate of drug-likeness (QED) is 0.806. The fraction of sp³-hybridized carbons (Fsp3) is 0.538. The lowest BCUT2D eigenvalue weighted by Crippen LogP contribution is -2.43. The van der Waals surface area contributed by atoms with Crippen LogP contribution in [0.1, 0.15) is 25.3 Å². The maximum atomic E-state index is 11.6. The Balaban J connectivity index is 1.92. The van der Waals surface area contributed by atoms with Crippen LogP contribution in [0, 0.1) is 0 Å². The smallest absolute Gasteiger partial charge is 0.409 e. The molecule has 1 fully saturated rings. The minimum absolute atomic E-state index is 0.209. The van der Waals surface area contributed by atoms with Crippen LogP contribution in [0.3, 0.4) is 0 Å². The van der Waals surface area contributed by atoms with E-state index in [4.69, 9.17) is 22.7 Å². The van der Waals surface area contributed by atoms with Gasteiger partial charge in [-0.15, -0.1) is 5.10 Å². The maximum Gasteiger partial charge on any atom is 0.409 e. The molecule has 0 atom stereocenters. The Hall–Kier alpha value is -1.96. The van der Waals surface area contributed by atoms with Crippen molar-refractivity contribution >= 4 is 29.1 Å². The van der Waals surface area contributed by atoms with Crippen molar-refractivity contribution in [3.63, 3.8) is 0 Å². The largest absolute Gasteiger partial charge is 0.450 e. The molecule has 0 bridgehead atoms. The molecule has 3 N–H and O–H groups in total. The highest BCUT2D eigenvalue weighted by Gasteiger charge is 2.24. The van der Waals surface area contributed by atoms with E-state index in [9.17, 15) is 4.79 Å². The van der Waals surface area contributed by atoms with Crippen molar-refractivity contribution < 1.29 is 9.53 Å². The molecule has 0 aromatic carbocycles. The zero-order chi connectivity index (χ0) is 15.2. The van der Waals surface area contributed by atoms with Crippen LogP contribution in [-0.4, -0.2) is 51.9 Å². The third-order valence-electron chi connectivity index (χ3n) is 3.35. The van der Waals surface area contributed by atoms with Crippen molar-refractivity contribution in [3.8, 4) is 0 Å². The molecule has 0 aliphatic carbocycles. The van der Waals surface area contributed by atoms with E-state index in [0.29, 0.717) is 31.1 Å². The molecule has 21 heavy (non-hydrogen) atoms. The molecule has 1 aromatic heterocycles. The van der Waals surface area contributed by atoms with Crippen molar-refractivity contribution in [1.29, 1.82) is 0 Å². The number of aromatic nitrogens is 2. The summed E-state index contributed by atoms with van der Waals surface area (Å²) in [5.41, 5.74) is 6.36. The van der Waals surface area contributed by atoms with Crippen LogP contribution in [-0.2, 0) is 4.74 Å². The monoisotopic (exact) mass is 309 g/mol.